The molecule has 1 aromatic rings. The van der Waals surface area contributed by atoms with Gasteiger partial charge >= 0.3 is 0 Å². The number of aromatic nitrogens is 1. The van der Waals surface area contributed by atoms with Crippen LogP contribution < -0.4 is 5.56 Å². The molecule has 1 heterocycles. The lowest BCUT2D eigenvalue weighted by Gasteiger charge is -2.13. The largest absolute Gasteiger partial charge is 0.312 e. The van der Waals surface area contributed by atoms with E-state index < -0.39 is 0 Å². The minimum Gasteiger partial charge on any atom is -0.312 e. The summed E-state index contributed by atoms with van der Waals surface area (Å²) in [6.45, 7) is 6.44. The van der Waals surface area contributed by atoms with Crippen LogP contribution in [-0.4, -0.2) is 10.9 Å². The normalized spacial score (nSPS) is 10.7. The van der Waals surface area contributed by atoms with Gasteiger partial charge in [-0.15, -0.1) is 0 Å². The topological polar surface area (TPSA) is 39.1 Å². The fourth-order valence-electron chi connectivity index (χ4n) is 1.45. The Morgan fingerprint density at radius 2 is 2.13 bits per heavy atom. The number of rotatable bonds is 3. The summed E-state index contributed by atoms with van der Waals surface area (Å²) in [5.74, 6) is 0.349. The second kappa shape index (κ2) is 4.62. The average molecular weight is 228 g/mol. The molecule has 0 unspecified atom stereocenters. The zero-order valence-corrected chi connectivity index (χ0v) is 9.84. The van der Waals surface area contributed by atoms with Crippen molar-refractivity contribution < 1.29 is 4.79 Å². The third kappa shape index (κ3) is 2.48. The van der Waals surface area contributed by atoms with Crippen molar-refractivity contribution >= 4 is 17.9 Å². The number of nitrogens with zero attached hydrogens (tertiary/aromatic N) is 1. The van der Waals surface area contributed by atoms with Crippen molar-refractivity contribution in [3.8, 4) is 0 Å². The van der Waals surface area contributed by atoms with Crippen LogP contribution in [0.5, 0.6) is 0 Å². The Balaban J connectivity index is 3.39. The molecule has 3 nitrogen and oxygen atoms in total. The number of pyridine rings is 1. The molecule has 0 aliphatic rings. The predicted molar refractivity (Wildman–Crippen MR) is 60.7 cm³/mol. The number of carbonyl (C=O) groups excluding carboxylic acids is 1. The lowest BCUT2D eigenvalue weighted by Crippen LogP contribution is -2.27. The molecule has 1 rings (SSSR count). The van der Waals surface area contributed by atoms with Gasteiger partial charge in [-0.3, -0.25) is 9.59 Å². The van der Waals surface area contributed by atoms with Crippen molar-refractivity contribution in [2.75, 3.05) is 0 Å². The second-order valence-corrected chi connectivity index (χ2v) is 4.38. The van der Waals surface area contributed by atoms with E-state index in [1.807, 2.05) is 20.8 Å². The first-order chi connectivity index (χ1) is 6.97. The highest BCUT2D eigenvalue weighted by Gasteiger charge is 2.11. The van der Waals surface area contributed by atoms with Gasteiger partial charge in [-0.25, -0.2) is 0 Å². The number of aryl methyl sites for hydroxylation is 1. The van der Waals surface area contributed by atoms with E-state index in [-0.39, 0.29) is 16.1 Å². The summed E-state index contributed by atoms with van der Waals surface area (Å²) in [7, 11) is 0. The predicted octanol–water partition coefficient (Wildman–Crippen LogP) is 2.28. The van der Waals surface area contributed by atoms with Gasteiger partial charge in [-0.2, -0.15) is 0 Å². The van der Waals surface area contributed by atoms with Crippen molar-refractivity contribution in [1.29, 1.82) is 0 Å². The Bertz CT molecular complexity index is 435. The third-order valence-electron chi connectivity index (χ3n) is 2.16. The van der Waals surface area contributed by atoms with Gasteiger partial charge in [0.1, 0.15) is 0 Å². The van der Waals surface area contributed by atoms with Crippen LogP contribution in [0.25, 0.3) is 0 Å². The van der Waals surface area contributed by atoms with Crippen LogP contribution in [0, 0.1) is 12.8 Å². The number of hydrogen-bond acceptors (Lipinski definition) is 2. The van der Waals surface area contributed by atoms with Gasteiger partial charge in [0.05, 0.1) is 10.6 Å². The highest BCUT2D eigenvalue weighted by molar-refractivity contribution is 6.32. The molecule has 82 valence electrons. The van der Waals surface area contributed by atoms with Crippen LogP contribution in [0.15, 0.2) is 10.9 Å². The van der Waals surface area contributed by atoms with E-state index in [4.69, 9.17) is 11.6 Å². The molecule has 0 aliphatic heterocycles. The third-order valence-corrected chi connectivity index (χ3v) is 2.47. The van der Waals surface area contributed by atoms with Crippen molar-refractivity contribution in [3.63, 3.8) is 0 Å². The first-order valence-corrected chi connectivity index (χ1v) is 5.20. The molecule has 0 N–H and O–H groups in total. The molecule has 0 atom stereocenters. The minimum absolute atomic E-state index is 0.0444. The van der Waals surface area contributed by atoms with Gasteiger partial charge in [0.2, 0.25) is 0 Å². The van der Waals surface area contributed by atoms with E-state index in [2.05, 4.69) is 0 Å². The van der Waals surface area contributed by atoms with Gasteiger partial charge in [-0.1, -0.05) is 25.4 Å². The second-order valence-electron chi connectivity index (χ2n) is 3.97. The fourth-order valence-corrected chi connectivity index (χ4v) is 1.73. The Hall–Kier alpha value is -1.09. The quantitative estimate of drug-likeness (QED) is 0.744. The lowest BCUT2D eigenvalue weighted by molar-refractivity contribution is 0.112. The summed E-state index contributed by atoms with van der Waals surface area (Å²) >= 11 is 5.80. The molecular weight excluding hydrogens is 214 g/mol. The molecule has 0 fully saturated rings. The Morgan fingerprint density at radius 1 is 1.53 bits per heavy atom. The number of halogens is 1. The maximum atomic E-state index is 11.8. The molecule has 1 aromatic heterocycles. The van der Waals surface area contributed by atoms with Crippen molar-refractivity contribution in [1.82, 2.24) is 4.57 Å². The summed E-state index contributed by atoms with van der Waals surface area (Å²) in [6.07, 6.45) is 0.515. The van der Waals surface area contributed by atoms with E-state index in [1.54, 1.807) is 10.6 Å². The molecule has 0 saturated carbocycles. The summed E-state index contributed by atoms with van der Waals surface area (Å²) in [6, 6.07) is 1.65. The Morgan fingerprint density at radius 3 is 2.60 bits per heavy atom. The minimum atomic E-state index is -0.302. The zero-order valence-electron chi connectivity index (χ0n) is 9.08. The molecular formula is C11H14ClNO2. The van der Waals surface area contributed by atoms with E-state index >= 15 is 0 Å². The maximum absolute atomic E-state index is 11.8. The number of aldehydes is 1. The van der Waals surface area contributed by atoms with Crippen molar-refractivity contribution in [3.05, 3.63) is 32.7 Å². The molecule has 15 heavy (non-hydrogen) atoms. The van der Waals surface area contributed by atoms with Crippen LogP contribution in [0.1, 0.15) is 29.9 Å². The molecule has 0 saturated heterocycles. The van der Waals surface area contributed by atoms with Crippen molar-refractivity contribution in [2.24, 2.45) is 5.92 Å². The molecule has 0 aromatic carbocycles. The first-order valence-electron chi connectivity index (χ1n) is 4.82. The van der Waals surface area contributed by atoms with Gasteiger partial charge in [-0.05, 0) is 18.9 Å². The van der Waals surface area contributed by atoms with E-state index in [0.717, 1.165) is 5.69 Å². The van der Waals surface area contributed by atoms with Crippen LogP contribution in [0.2, 0.25) is 5.02 Å². The van der Waals surface area contributed by atoms with Crippen molar-refractivity contribution in [2.45, 2.75) is 27.3 Å². The highest BCUT2D eigenvalue weighted by atomic mass is 35.5. The van der Waals surface area contributed by atoms with Crippen LogP contribution >= 0.6 is 11.6 Å². The SMILES string of the molecule is Cc1cc(Cl)c(C=O)c(=O)n1CC(C)C. The van der Waals surface area contributed by atoms with E-state index in [0.29, 0.717) is 18.7 Å². The standard InChI is InChI=1S/C11H14ClNO2/c1-7(2)5-13-8(3)4-10(12)9(6-14)11(13)15/h4,6-7H,5H2,1-3H3. The van der Waals surface area contributed by atoms with Gasteiger partial charge in [0.25, 0.3) is 5.56 Å². The first kappa shape index (κ1) is 12.0. The maximum Gasteiger partial charge on any atom is 0.262 e. The van der Waals surface area contributed by atoms with Crippen LogP contribution in [0.3, 0.4) is 0 Å². The average Bonchev–Trinajstić information content (AvgIpc) is 2.12. The molecule has 0 bridgehead atoms. The molecule has 4 heteroatoms. The van der Waals surface area contributed by atoms with Crippen LogP contribution in [0.4, 0.5) is 0 Å². The molecule has 0 spiro atoms. The molecule has 0 amide bonds. The fraction of sp³-hybridized carbons (Fsp3) is 0.455. The summed E-state index contributed by atoms with van der Waals surface area (Å²) in [4.78, 5) is 22.5. The number of hydrogen-bond donors (Lipinski definition) is 0. The smallest absolute Gasteiger partial charge is 0.262 e. The summed E-state index contributed by atoms with van der Waals surface area (Å²) in [5, 5.41) is 0.229. The van der Waals surface area contributed by atoms with Crippen LogP contribution in [-0.2, 0) is 6.54 Å². The molecule has 0 aliphatic carbocycles. The molecule has 0 radical (unpaired) electrons. The van der Waals surface area contributed by atoms with E-state index in [9.17, 15) is 9.59 Å². The van der Waals surface area contributed by atoms with Gasteiger partial charge < -0.3 is 4.57 Å². The number of carbonyl (C=O) groups is 1. The lowest BCUT2D eigenvalue weighted by atomic mass is 10.2. The Kier molecular flexibility index (Phi) is 3.69. The van der Waals surface area contributed by atoms with Gasteiger partial charge in [0, 0.05) is 12.2 Å². The monoisotopic (exact) mass is 227 g/mol. The van der Waals surface area contributed by atoms with E-state index in [1.165, 1.54) is 0 Å². The summed E-state index contributed by atoms with van der Waals surface area (Å²) in [5.41, 5.74) is 0.524. The summed E-state index contributed by atoms with van der Waals surface area (Å²) < 4.78 is 1.58. The van der Waals surface area contributed by atoms with Gasteiger partial charge in [0.15, 0.2) is 6.29 Å². The zero-order chi connectivity index (χ0) is 11.6. The Labute approximate surface area is 93.7 Å². The highest BCUT2D eigenvalue weighted by Crippen LogP contribution is 2.13.